The summed E-state index contributed by atoms with van der Waals surface area (Å²) in [7, 11) is 0.371. The van der Waals surface area contributed by atoms with E-state index in [2.05, 4.69) is 22.5 Å². The third-order valence-electron chi connectivity index (χ3n) is 3.95. The molecule has 1 aromatic carbocycles. The first kappa shape index (κ1) is 19.4. The summed E-state index contributed by atoms with van der Waals surface area (Å²) in [5, 5.41) is 6.36. The average Bonchev–Trinajstić information content (AvgIpc) is 2.95. The van der Waals surface area contributed by atoms with E-state index in [9.17, 15) is 8.42 Å². The number of methoxy groups -OCH3 is 1. The van der Waals surface area contributed by atoms with Gasteiger partial charge in [0.2, 0.25) is 0 Å². The first-order chi connectivity index (χ1) is 12.0. The molecule has 1 saturated heterocycles. The van der Waals surface area contributed by atoms with Crippen LogP contribution in [-0.4, -0.2) is 52.7 Å². The maximum absolute atomic E-state index is 11.5. The highest BCUT2D eigenvalue weighted by molar-refractivity contribution is 7.91. The SMILES string of the molecule is CCCOc1ccc(CNC(=NC)NC2CCS(=O)(=O)C2)cc1OC. The Morgan fingerprint density at radius 3 is 2.76 bits per heavy atom. The van der Waals surface area contributed by atoms with E-state index in [0.29, 0.717) is 31.3 Å². The van der Waals surface area contributed by atoms with Crippen LogP contribution < -0.4 is 20.1 Å². The van der Waals surface area contributed by atoms with E-state index in [0.717, 1.165) is 17.7 Å². The van der Waals surface area contributed by atoms with Gasteiger partial charge in [-0.3, -0.25) is 4.99 Å². The summed E-state index contributed by atoms with van der Waals surface area (Å²) in [6, 6.07) is 5.69. The van der Waals surface area contributed by atoms with Crippen LogP contribution in [0.4, 0.5) is 0 Å². The fraction of sp³-hybridized carbons (Fsp3) is 0.588. The minimum atomic E-state index is -2.91. The van der Waals surface area contributed by atoms with Gasteiger partial charge >= 0.3 is 0 Å². The molecule has 0 amide bonds. The van der Waals surface area contributed by atoms with Crippen molar-refractivity contribution in [1.29, 1.82) is 0 Å². The number of hydrogen-bond donors (Lipinski definition) is 2. The van der Waals surface area contributed by atoms with Crippen LogP contribution >= 0.6 is 0 Å². The lowest BCUT2D eigenvalue weighted by Crippen LogP contribution is -2.43. The number of benzene rings is 1. The number of aliphatic imine (C=N–C) groups is 1. The summed E-state index contributed by atoms with van der Waals surface area (Å²) >= 11 is 0. The van der Waals surface area contributed by atoms with E-state index in [-0.39, 0.29) is 17.5 Å². The van der Waals surface area contributed by atoms with Gasteiger partial charge in [0.25, 0.3) is 0 Å². The van der Waals surface area contributed by atoms with Gasteiger partial charge in [-0.05, 0) is 30.5 Å². The van der Waals surface area contributed by atoms with Crippen molar-refractivity contribution in [3.05, 3.63) is 23.8 Å². The summed E-state index contributed by atoms with van der Waals surface area (Å²) in [5.41, 5.74) is 1.02. The number of sulfone groups is 1. The van der Waals surface area contributed by atoms with E-state index in [1.54, 1.807) is 14.2 Å². The highest BCUT2D eigenvalue weighted by atomic mass is 32.2. The Kier molecular flexibility index (Phi) is 6.92. The third kappa shape index (κ3) is 5.81. The number of ether oxygens (including phenoxy) is 2. The van der Waals surface area contributed by atoms with Crippen molar-refractivity contribution in [2.45, 2.75) is 32.4 Å². The van der Waals surface area contributed by atoms with Crippen molar-refractivity contribution < 1.29 is 17.9 Å². The molecule has 1 atom stereocenters. The second-order valence-corrected chi connectivity index (χ2v) is 8.23. The van der Waals surface area contributed by atoms with Crippen molar-refractivity contribution in [3.8, 4) is 11.5 Å². The molecule has 0 saturated carbocycles. The van der Waals surface area contributed by atoms with E-state index in [4.69, 9.17) is 9.47 Å². The van der Waals surface area contributed by atoms with Gasteiger partial charge in [0, 0.05) is 19.6 Å². The largest absolute Gasteiger partial charge is 0.493 e. The number of hydrogen-bond acceptors (Lipinski definition) is 5. The van der Waals surface area contributed by atoms with Crippen molar-refractivity contribution in [1.82, 2.24) is 10.6 Å². The Morgan fingerprint density at radius 1 is 1.36 bits per heavy atom. The molecule has 0 aliphatic carbocycles. The molecule has 2 rings (SSSR count). The molecule has 25 heavy (non-hydrogen) atoms. The zero-order valence-corrected chi connectivity index (χ0v) is 15.9. The zero-order valence-electron chi connectivity index (χ0n) is 15.0. The summed E-state index contributed by atoms with van der Waals surface area (Å²) in [6.07, 6.45) is 1.55. The molecule has 1 heterocycles. The van der Waals surface area contributed by atoms with Gasteiger partial charge in [0.05, 0.1) is 25.2 Å². The molecule has 0 bridgehead atoms. The van der Waals surface area contributed by atoms with Crippen molar-refractivity contribution >= 4 is 15.8 Å². The second-order valence-electron chi connectivity index (χ2n) is 6.00. The van der Waals surface area contributed by atoms with Gasteiger partial charge in [-0.15, -0.1) is 0 Å². The lowest BCUT2D eigenvalue weighted by Gasteiger charge is -2.17. The van der Waals surface area contributed by atoms with Crippen LogP contribution in [0.1, 0.15) is 25.3 Å². The molecule has 1 aliphatic rings. The van der Waals surface area contributed by atoms with Crippen molar-refractivity contribution in [2.75, 3.05) is 32.3 Å². The number of guanidine groups is 1. The van der Waals surface area contributed by atoms with Crippen molar-refractivity contribution in [3.63, 3.8) is 0 Å². The topological polar surface area (TPSA) is 89.0 Å². The van der Waals surface area contributed by atoms with Gasteiger partial charge in [0.1, 0.15) is 0 Å². The standard InChI is InChI=1S/C17H27N3O4S/c1-4-8-24-15-6-5-13(10-16(15)23-3)11-19-17(18-2)20-14-7-9-25(21,22)12-14/h5-6,10,14H,4,7-9,11-12H2,1-3H3,(H2,18,19,20). The van der Waals surface area contributed by atoms with Gasteiger partial charge in [-0.1, -0.05) is 13.0 Å². The quantitative estimate of drug-likeness (QED) is 0.557. The summed E-state index contributed by atoms with van der Waals surface area (Å²) in [5.74, 6) is 2.40. The molecule has 1 unspecified atom stereocenters. The zero-order chi connectivity index (χ0) is 18.3. The number of rotatable bonds is 7. The maximum atomic E-state index is 11.5. The Labute approximate surface area is 149 Å². The van der Waals surface area contributed by atoms with E-state index < -0.39 is 9.84 Å². The maximum Gasteiger partial charge on any atom is 0.191 e. The third-order valence-corrected chi connectivity index (χ3v) is 5.71. The van der Waals surface area contributed by atoms with Crippen LogP contribution in [0.25, 0.3) is 0 Å². The molecule has 7 nitrogen and oxygen atoms in total. The average molecular weight is 369 g/mol. The summed E-state index contributed by atoms with van der Waals surface area (Å²) in [6.45, 7) is 3.25. The molecule has 0 aromatic heterocycles. The van der Waals surface area contributed by atoms with E-state index in [1.165, 1.54) is 0 Å². The molecular weight excluding hydrogens is 342 g/mol. The fourth-order valence-electron chi connectivity index (χ4n) is 2.64. The Bertz CT molecular complexity index is 704. The predicted octanol–water partition coefficient (Wildman–Crippen LogP) is 1.34. The molecule has 1 aliphatic heterocycles. The summed E-state index contributed by atoms with van der Waals surface area (Å²) in [4.78, 5) is 4.16. The number of nitrogens with zero attached hydrogens (tertiary/aromatic N) is 1. The van der Waals surface area contributed by atoms with Crippen LogP contribution in [0.2, 0.25) is 0 Å². The van der Waals surface area contributed by atoms with Crippen LogP contribution in [0.5, 0.6) is 11.5 Å². The van der Waals surface area contributed by atoms with Crippen LogP contribution in [-0.2, 0) is 16.4 Å². The summed E-state index contributed by atoms with van der Waals surface area (Å²) < 4.78 is 34.1. The molecule has 2 N–H and O–H groups in total. The van der Waals surface area contributed by atoms with E-state index >= 15 is 0 Å². The highest BCUT2D eigenvalue weighted by Crippen LogP contribution is 2.28. The molecular formula is C17H27N3O4S. The Morgan fingerprint density at radius 2 is 2.16 bits per heavy atom. The van der Waals surface area contributed by atoms with E-state index in [1.807, 2.05) is 18.2 Å². The minimum absolute atomic E-state index is 0.0874. The molecule has 1 fully saturated rings. The van der Waals surface area contributed by atoms with Gasteiger partial charge in [-0.25, -0.2) is 8.42 Å². The van der Waals surface area contributed by atoms with Crippen LogP contribution in [0, 0.1) is 0 Å². The monoisotopic (exact) mass is 369 g/mol. The lowest BCUT2D eigenvalue weighted by atomic mass is 10.2. The van der Waals surface area contributed by atoms with Gasteiger partial charge < -0.3 is 20.1 Å². The van der Waals surface area contributed by atoms with Crippen LogP contribution in [0.15, 0.2) is 23.2 Å². The van der Waals surface area contributed by atoms with Crippen LogP contribution in [0.3, 0.4) is 0 Å². The first-order valence-electron chi connectivity index (χ1n) is 8.44. The molecule has 0 spiro atoms. The molecule has 8 heteroatoms. The molecule has 140 valence electrons. The predicted molar refractivity (Wildman–Crippen MR) is 99.2 cm³/mol. The molecule has 1 aromatic rings. The van der Waals surface area contributed by atoms with Gasteiger partial charge in [0.15, 0.2) is 27.3 Å². The first-order valence-corrected chi connectivity index (χ1v) is 10.3. The number of nitrogens with one attached hydrogen (secondary N) is 2. The van der Waals surface area contributed by atoms with Crippen molar-refractivity contribution in [2.24, 2.45) is 4.99 Å². The van der Waals surface area contributed by atoms with Gasteiger partial charge in [-0.2, -0.15) is 0 Å². The second kappa shape index (κ2) is 8.94. The Hall–Kier alpha value is -1.96. The lowest BCUT2D eigenvalue weighted by molar-refractivity contribution is 0.294. The Balaban J connectivity index is 1.92. The molecule has 0 radical (unpaired) electrons. The highest BCUT2D eigenvalue weighted by Gasteiger charge is 2.28. The fourth-order valence-corrected chi connectivity index (χ4v) is 4.31. The minimum Gasteiger partial charge on any atom is -0.493 e. The smallest absolute Gasteiger partial charge is 0.191 e. The normalized spacial score (nSPS) is 19.5.